The molecule has 3 aromatic rings. The fourth-order valence-electron chi connectivity index (χ4n) is 5.14. The summed E-state index contributed by atoms with van der Waals surface area (Å²) < 4.78 is 27.4. The summed E-state index contributed by atoms with van der Waals surface area (Å²) in [5.41, 5.74) is 2.51. The quantitative estimate of drug-likeness (QED) is 0.440. The van der Waals surface area contributed by atoms with E-state index in [-0.39, 0.29) is 0 Å². The van der Waals surface area contributed by atoms with Crippen LogP contribution in [-0.2, 0) is 0 Å². The van der Waals surface area contributed by atoms with Gasteiger partial charge in [-0.2, -0.15) is 0 Å². The normalized spacial score (nSPS) is 21.5. The second-order valence-electron chi connectivity index (χ2n) is 8.58. The Labute approximate surface area is 178 Å². The van der Waals surface area contributed by atoms with Crippen LogP contribution >= 0.6 is 0 Å². The Morgan fingerprint density at radius 3 is 2.03 bits per heavy atom. The van der Waals surface area contributed by atoms with E-state index in [0.29, 0.717) is 11.5 Å². The fourth-order valence-corrected chi connectivity index (χ4v) is 10.4. The molecule has 1 N–H and O–H groups in total. The van der Waals surface area contributed by atoms with Gasteiger partial charge in [-0.1, -0.05) is 91.3 Å². The number of hydrogen-bond acceptors (Lipinski definition) is 1. The van der Waals surface area contributed by atoms with Crippen molar-refractivity contribution in [3.63, 3.8) is 0 Å². The SMILES string of the molecule is CCC[Si@]1(c2ccccc2)CC[C@H](c2ccc(-c3cc(F)c(O)c(F)c3)cc2)CC1. The van der Waals surface area contributed by atoms with Gasteiger partial charge >= 0.3 is 0 Å². The lowest BCUT2D eigenvalue weighted by atomic mass is 9.92. The van der Waals surface area contributed by atoms with E-state index in [1.54, 1.807) is 5.19 Å². The summed E-state index contributed by atoms with van der Waals surface area (Å²) in [6.45, 7) is 2.30. The molecule has 0 aromatic heterocycles. The minimum Gasteiger partial charge on any atom is -0.503 e. The van der Waals surface area contributed by atoms with Crippen LogP contribution in [0, 0.1) is 11.6 Å². The van der Waals surface area contributed by atoms with E-state index in [2.05, 4.69) is 49.4 Å². The van der Waals surface area contributed by atoms with Gasteiger partial charge in [-0.15, -0.1) is 0 Å². The molecule has 156 valence electrons. The van der Waals surface area contributed by atoms with Crippen LogP contribution in [0.4, 0.5) is 8.78 Å². The number of hydrogen-bond donors (Lipinski definition) is 1. The molecule has 0 unspecified atom stereocenters. The van der Waals surface area contributed by atoms with E-state index in [1.807, 2.05) is 12.1 Å². The van der Waals surface area contributed by atoms with Crippen LogP contribution in [0.3, 0.4) is 0 Å². The Bertz CT molecular complexity index is 970. The molecule has 1 aliphatic rings. The molecule has 1 nitrogen and oxygen atoms in total. The summed E-state index contributed by atoms with van der Waals surface area (Å²) in [4.78, 5) is 0. The third-order valence-corrected chi connectivity index (χ3v) is 12.3. The van der Waals surface area contributed by atoms with Gasteiger partial charge in [-0.3, -0.25) is 0 Å². The zero-order chi connectivity index (χ0) is 21.1. The second-order valence-corrected chi connectivity index (χ2v) is 13.2. The maximum absolute atomic E-state index is 13.7. The standard InChI is InChI=1S/C26H28F2OSi/c1-2-14-30(23-6-4-3-5-7-23)15-12-21(13-16-30)19-8-10-20(11-9-19)22-17-24(27)26(29)25(28)18-22/h3-11,17-18,21,29H,2,12-16H2,1H3/t21-,30-. The van der Waals surface area contributed by atoms with Gasteiger partial charge in [0.05, 0.1) is 8.07 Å². The van der Waals surface area contributed by atoms with Crippen LogP contribution in [0.5, 0.6) is 5.75 Å². The number of phenols is 1. The summed E-state index contributed by atoms with van der Waals surface area (Å²) in [5, 5.41) is 10.9. The Hall–Kier alpha value is -2.46. The van der Waals surface area contributed by atoms with Crippen molar-refractivity contribution in [2.24, 2.45) is 0 Å². The highest BCUT2D eigenvalue weighted by atomic mass is 28.3. The zero-order valence-corrected chi connectivity index (χ0v) is 18.4. The van der Waals surface area contributed by atoms with Crippen LogP contribution in [0.1, 0.15) is 37.7 Å². The predicted octanol–water partition coefficient (Wildman–Crippen LogP) is 6.98. The Morgan fingerprint density at radius 1 is 0.867 bits per heavy atom. The Kier molecular flexibility index (Phi) is 6.05. The lowest BCUT2D eigenvalue weighted by Crippen LogP contribution is -2.49. The van der Waals surface area contributed by atoms with Crippen molar-refractivity contribution < 1.29 is 13.9 Å². The van der Waals surface area contributed by atoms with Gasteiger partial charge in [-0.05, 0) is 47.6 Å². The lowest BCUT2D eigenvalue weighted by molar-refractivity contribution is 0.396. The number of benzene rings is 3. The highest BCUT2D eigenvalue weighted by Gasteiger charge is 2.38. The summed E-state index contributed by atoms with van der Waals surface area (Å²) >= 11 is 0. The van der Waals surface area contributed by atoms with E-state index in [1.165, 1.54) is 55.1 Å². The first-order valence-electron chi connectivity index (χ1n) is 10.9. The molecular weight excluding hydrogens is 394 g/mol. The molecule has 0 amide bonds. The minimum atomic E-state index is -1.42. The van der Waals surface area contributed by atoms with Crippen LogP contribution in [0.2, 0.25) is 18.1 Å². The lowest BCUT2D eigenvalue weighted by Gasteiger charge is -2.39. The third kappa shape index (κ3) is 4.06. The fraction of sp³-hybridized carbons (Fsp3) is 0.308. The molecule has 0 bridgehead atoms. The largest absolute Gasteiger partial charge is 0.503 e. The first-order chi connectivity index (χ1) is 14.5. The number of aromatic hydroxyl groups is 1. The average molecular weight is 423 g/mol. The number of halogens is 2. The number of phenolic OH excluding ortho intramolecular Hbond substituents is 1. The van der Waals surface area contributed by atoms with Gasteiger partial charge in [0.2, 0.25) is 0 Å². The summed E-state index contributed by atoms with van der Waals surface area (Å²) in [6, 6.07) is 25.6. The third-order valence-electron chi connectivity index (χ3n) is 6.79. The molecule has 0 atom stereocenters. The summed E-state index contributed by atoms with van der Waals surface area (Å²) in [7, 11) is -1.42. The van der Waals surface area contributed by atoms with E-state index in [4.69, 9.17) is 0 Å². The van der Waals surface area contributed by atoms with Gasteiger partial charge in [0, 0.05) is 0 Å². The molecule has 1 saturated heterocycles. The zero-order valence-electron chi connectivity index (χ0n) is 17.4. The Morgan fingerprint density at radius 2 is 1.47 bits per heavy atom. The number of rotatable bonds is 5. The summed E-state index contributed by atoms with van der Waals surface area (Å²) in [5.74, 6) is -2.23. The first-order valence-corrected chi connectivity index (χ1v) is 13.5. The van der Waals surface area contributed by atoms with Crippen LogP contribution < -0.4 is 5.19 Å². The molecule has 0 spiro atoms. The van der Waals surface area contributed by atoms with Gasteiger partial charge in [0.25, 0.3) is 0 Å². The van der Waals surface area contributed by atoms with Crippen molar-refractivity contribution in [2.75, 3.05) is 0 Å². The van der Waals surface area contributed by atoms with E-state index < -0.39 is 25.5 Å². The van der Waals surface area contributed by atoms with E-state index in [0.717, 1.165) is 5.56 Å². The molecule has 1 heterocycles. The topological polar surface area (TPSA) is 20.2 Å². The second kappa shape index (κ2) is 8.72. The highest BCUT2D eigenvalue weighted by Crippen LogP contribution is 2.41. The van der Waals surface area contributed by atoms with Crippen molar-refractivity contribution in [1.29, 1.82) is 0 Å². The van der Waals surface area contributed by atoms with Gasteiger partial charge in [-0.25, -0.2) is 8.78 Å². The molecule has 4 heteroatoms. The average Bonchev–Trinajstić information content (AvgIpc) is 2.78. The van der Waals surface area contributed by atoms with Crippen LogP contribution in [-0.4, -0.2) is 13.2 Å². The predicted molar refractivity (Wildman–Crippen MR) is 122 cm³/mol. The molecule has 1 fully saturated rings. The van der Waals surface area contributed by atoms with Crippen molar-refractivity contribution in [3.05, 3.63) is 83.9 Å². The molecular formula is C26H28F2OSi. The van der Waals surface area contributed by atoms with Crippen LogP contribution in [0.25, 0.3) is 11.1 Å². The first kappa shape index (κ1) is 20.8. The van der Waals surface area contributed by atoms with E-state index >= 15 is 0 Å². The maximum Gasteiger partial charge on any atom is 0.187 e. The van der Waals surface area contributed by atoms with Gasteiger partial charge < -0.3 is 5.11 Å². The molecule has 4 rings (SSSR count). The minimum absolute atomic E-state index is 0.441. The molecule has 30 heavy (non-hydrogen) atoms. The maximum atomic E-state index is 13.7. The van der Waals surface area contributed by atoms with Crippen molar-refractivity contribution >= 4 is 13.3 Å². The molecule has 0 radical (unpaired) electrons. The highest BCUT2D eigenvalue weighted by molar-refractivity contribution is 6.92. The van der Waals surface area contributed by atoms with Crippen molar-refractivity contribution in [1.82, 2.24) is 0 Å². The Balaban J connectivity index is 1.50. The molecule has 1 aliphatic heterocycles. The molecule has 0 saturated carbocycles. The van der Waals surface area contributed by atoms with Gasteiger partial charge in [0.15, 0.2) is 17.4 Å². The molecule has 0 aliphatic carbocycles. The smallest absolute Gasteiger partial charge is 0.187 e. The van der Waals surface area contributed by atoms with Crippen LogP contribution in [0.15, 0.2) is 66.7 Å². The molecule has 3 aromatic carbocycles. The van der Waals surface area contributed by atoms with E-state index in [9.17, 15) is 13.9 Å². The van der Waals surface area contributed by atoms with Crippen molar-refractivity contribution in [3.8, 4) is 16.9 Å². The van der Waals surface area contributed by atoms with Crippen molar-refractivity contribution in [2.45, 2.75) is 50.2 Å². The summed E-state index contributed by atoms with van der Waals surface area (Å²) in [6.07, 6.45) is 3.67. The van der Waals surface area contributed by atoms with Gasteiger partial charge in [0.1, 0.15) is 0 Å². The monoisotopic (exact) mass is 422 g/mol.